The molecule has 3 amide bonds. The second-order valence-electron chi connectivity index (χ2n) is 7.97. The van der Waals surface area contributed by atoms with Gasteiger partial charge in [-0.25, -0.2) is 4.79 Å². The van der Waals surface area contributed by atoms with Crippen LogP contribution in [-0.2, 0) is 9.53 Å². The number of nitrogens with one attached hydrogen (secondary N) is 2. The summed E-state index contributed by atoms with van der Waals surface area (Å²) in [5, 5.41) is 5.47. The number of amides is 3. The van der Waals surface area contributed by atoms with E-state index in [1.807, 2.05) is 0 Å². The van der Waals surface area contributed by atoms with Crippen LogP contribution in [0.3, 0.4) is 0 Å². The minimum atomic E-state index is -4.43. The Labute approximate surface area is 157 Å². The topological polar surface area (TPSA) is 70.7 Å². The summed E-state index contributed by atoms with van der Waals surface area (Å²) in [4.78, 5) is 25.3. The maximum absolute atomic E-state index is 12.6. The van der Waals surface area contributed by atoms with Gasteiger partial charge in [0.1, 0.15) is 12.6 Å². The van der Waals surface area contributed by atoms with E-state index in [9.17, 15) is 22.8 Å². The second-order valence-corrected chi connectivity index (χ2v) is 7.97. The van der Waals surface area contributed by atoms with Crippen LogP contribution >= 0.6 is 0 Å². The molecule has 0 radical (unpaired) electrons. The molecule has 154 valence electrons. The first-order valence-corrected chi connectivity index (χ1v) is 9.83. The SMILES string of the molecule is O=C(N[C@H]1CCOC2(CCCCC2)C1)N[C@@H]1CCCN(CC(F)(F)F)C1=O. The summed E-state index contributed by atoms with van der Waals surface area (Å²) < 4.78 is 43.7. The average Bonchev–Trinajstić information content (AvgIpc) is 2.58. The standard InChI is InChI=1S/C18H28F3N3O3/c19-18(20,21)12-24-9-4-5-14(15(24)25)23-16(26)22-13-6-10-27-17(11-13)7-2-1-3-8-17/h13-14H,1-12H2,(H2,22,23,26)/t13-,14+/m0/s1. The lowest BCUT2D eigenvalue weighted by atomic mass is 9.78. The van der Waals surface area contributed by atoms with Crippen LogP contribution in [0.2, 0.25) is 0 Å². The predicted octanol–water partition coefficient (Wildman–Crippen LogP) is 2.72. The Morgan fingerprint density at radius 2 is 1.89 bits per heavy atom. The van der Waals surface area contributed by atoms with Crippen LogP contribution in [0.15, 0.2) is 0 Å². The third-order valence-electron chi connectivity index (χ3n) is 5.80. The van der Waals surface area contributed by atoms with Gasteiger partial charge in [-0.3, -0.25) is 4.79 Å². The van der Waals surface area contributed by atoms with Crippen molar-refractivity contribution in [3.8, 4) is 0 Å². The predicted molar refractivity (Wildman–Crippen MR) is 92.1 cm³/mol. The molecule has 2 aliphatic heterocycles. The van der Waals surface area contributed by atoms with Crippen molar-refractivity contribution in [1.82, 2.24) is 15.5 Å². The Bertz CT molecular complexity index is 544. The van der Waals surface area contributed by atoms with Gasteiger partial charge in [0, 0.05) is 19.2 Å². The monoisotopic (exact) mass is 391 g/mol. The molecule has 3 aliphatic rings. The van der Waals surface area contributed by atoms with Gasteiger partial charge in [-0.1, -0.05) is 19.3 Å². The molecule has 0 bridgehead atoms. The molecule has 2 heterocycles. The number of urea groups is 1. The number of likely N-dealkylation sites (tertiary alicyclic amines) is 1. The van der Waals surface area contributed by atoms with Crippen LogP contribution in [0.25, 0.3) is 0 Å². The van der Waals surface area contributed by atoms with Crippen molar-refractivity contribution in [2.75, 3.05) is 19.7 Å². The number of carbonyl (C=O) groups excluding carboxylic acids is 2. The molecular weight excluding hydrogens is 363 g/mol. The molecule has 3 fully saturated rings. The van der Waals surface area contributed by atoms with E-state index in [1.165, 1.54) is 6.42 Å². The van der Waals surface area contributed by atoms with E-state index in [2.05, 4.69) is 10.6 Å². The Morgan fingerprint density at radius 3 is 2.59 bits per heavy atom. The van der Waals surface area contributed by atoms with E-state index in [4.69, 9.17) is 4.74 Å². The summed E-state index contributed by atoms with van der Waals surface area (Å²) in [6.45, 7) is -0.610. The summed E-state index contributed by atoms with van der Waals surface area (Å²) >= 11 is 0. The quantitative estimate of drug-likeness (QED) is 0.777. The number of hydrogen-bond acceptors (Lipinski definition) is 3. The van der Waals surface area contributed by atoms with Crippen LogP contribution in [0.4, 0.5) is 18.0 Å². The molecule has 2 atom stereocenters. The van der Waals surface area contributed by atoms with Crippen LogP contribution in [0, 0.1) is 0 Å². The van der Waals surface area contributed by atoms with E-state index >= 15 is 0 Å². The van der Waals surface area contributed by atoms with Gasteiger partial charge in [0.15, 0.2) is 0 Å². The van der Waals surface area contributed by atoms with Gasteiger partial charge < -0.3 is 20.3 Å². The van der Waals surface area contributed by atoms with Gasteiger partial charge in [0.05, 0.1) is 5.60 Å². The van der Waals surface area contributed by atoms with Gasteiger partial charge in [-0.05, 0) is 38.5 Å². The van der Waals surface area contributed by atoms with Crippen molar-refractivity contribution < 1.29 is 27.5 Å². The Kier molecular flexibility index (Phi) is 6.18. The normalized spacial score (nSPS) is 28.9. The first kappa shape index (κ1) is 20.2. The lowest BCUT2D eigenvalue weighted by Gasteiger charge is -2.43. The smallest absolute Gasteiger partial charge is 0.375 e. The van der Waals surface area contributed by atoms with Gasteiger partial charge in [0.25, 0.3) is 0 Å². The fraction of sp³-hybridized carbons (Fsp3) is 0.889. The van der Waals surface area contributed by atoms with Gasteiger partial charge in [0.2, 0.25) is 5.91 Å². The Balaban J connectivity index is 1.50. The second kappa shape index (κ2) is 8.24. The third kappa shape index (κ3) is 5.49. The molecule has 27 heavy (non-hydrogen) atoms. The molecule has 0 aromatic heterocycles. The van der Waals surface area contributed by atoms with Crippen molar-refractivity contribution >= 4 is 11.9 Å². The first-order chi connectivity index (χ1) is 12.8. The molecule has 3 rings (SSSR count). The number of rotatable bonds is 3. The van der Waals surface area contributed by atoms with Crippen molar-refractivity contribution in [1.29, 1.82) is 0 Å². The van der Waals surface area contributed by atoms with Crippen molar-refractivity contribution in [2.45, 2.75) is 81.6 Å². The highest BCUT2D eigenvalue weighted by Crippen LogP contribution is 2.38. The summed E-state index contributed by atoms with van der Waals surface area (Å²) in [6, 6.07) is -1.42. The fourth-order valence-corrected chi connectivity index (χ4v) is 4.53. The number of halogens is 3. The summed E-state index contributed by atoms with van der Waals surface area (Å²) in [6.07, 6.45) is 3.28. The summed E-state index contributed by atoms with van der Waals surface area (Å²) in [5.74, 6) is -0.663. The van der Waals surface area contributed by atoms with Crippen LogP contribution in [-0.4, -0.2) is 60.4 Å². The largest absolute Gasteiger partial charge is 0.406 e. The maximum atomic E-state index is 12.6. The molecule has 1 saturated carbocycles. The highest BCUT2D eigenvalue weighted by molar-refractivity contribution is 5.87. The molecule has 2 N–H and O–H groups in total. The Hall–Kier alpha value is -1.51. The van der Waals surface area contributed by atoms with Crippen LogP contribution < -0.4 is 10.6 Å². The first-order valence-electron chi connectivity index (χ1n) is 9.83. The van der Waals surface area contributed by atoms with Gasteiger partial charge >= 0.3 is 12.2 Å². The van der Waals surface area contributed by atoms with Crippen LogP contribution in [0.1, 0.15) is 57.8 Å². The molecule has 0 aromatic rings. The van der Waals surface area contributed by atoms with Gasteiger partial charge in [-0.2, -0.15) is 13.2 Å². The molecule has 0 aromatic carbocycles. The molecule has 0 unspecified atom stereocenters. The zero-order valence-electron chi connectivity index (χ0n) is 15.4. The zero-order chi connectivity index (χ0) is 19.5. The minimum absolute atomic E-state index is 0.0400. The third-order valence-corrected chi connectivity index (χ3v) is 5.80. The lowest BCUT2D eigenvalue weighted by Crippen LogP contribution is -2.58. The average molecular weight is 391 g/mol. The number of alkyl halides is 3. The van der Waals surface area contributed by atoms with Crippen LogP contribution in [0.5, 0.6) is 0 Å². The van der Waals surface area contributed by atoms with Crippen molar-refractivity contribution in [3.05, 3.63) is 0 Å². The molecule has 9 heteroatoms. The molecule has 1 spiro atoms. The van der Waals surface area contributed by atoms with E-state index < -0.39 is 30.7 Å². The fourth-order valence-electron chi connectivity index (χ4n) is 4.53. The van der Waals surface area contributed by atoms with E-state index in [0.717, 1.165) is 37.0 Å². The molecular formula is C18H28F3N3O3. The number of carbonyl (C=O) groups is 2. The van der Waals surface area contributed by atoms with E-state index in [-0.39, 0.29) is 18.2 Å². The van der Waals surface area contributed by atoms with Crippen molar-refractivity contribution in [2.24, 2.45) is 0 Å². The minimum Gasteiger partial charge on any atom is -0.375 e. The Morgan fingerprint density at radius 1 is 1.15 bits per heavy atom. The van der Waals surface area contributed by atoms with E-state index in [0.29, 0.717) is 25.9 Å². The molecule has 1 aliphatic carbocycles. The zero-order valence-corrected chi connectivity index (χ0v) is 15.4. The number of nitrogens with zero attached hydrogens (tertiary/aromatic N) is 1. The highest BCUT2D eigenvalue weighted by atomic mass is 19.4. The summed E-state index contributed by atoms with van der Waals surface area (Å²) in [7, 11) is 0. The molecule has 6 nitrogen and oxygen atoms in total. The van der Waals surface area contributed by atoms with Gasteiger partial charge in [-0.15, -0.1) is 0 Å². The molecule has 2 saturated heterocycles. The lowest BCUT2D eigenvalue weighted by molar-refractivity contribution is -0.164. The number of hydrogen-bond donors (Lipinski definition) is 2. The number of ether oxygens (including phenoxy) is 1. The highest BCUT2D eigenvalue weighted by Gasteiger charge is 2.40. The summed E-state index contributed by atoms with van der Waals surface area (Å²) in [5.41, 5.74) is -0.154. The van der Waals surface area contributed by atoms with E-state index in [1.54, 1.807) is 0 Å². The number of piperidine rings is 1. The van der Waals surface area contributed by atoms with Crippen molar-refractivity contribution in [3.63, 3.8) is 0 Å². The maximum Gasteiger partial charge on any atom is 0.406 e.